The number of pyridine rings is 1. The van der Waals surface area contributed by atoms with Crippen LogP contribution >= 0.6 is 0 Å². The van der Waals surface area contributed by atoms with E-state index < -0.39 is 0 Å². The van der Waals surface area contributed by atoms with E-state index in [-0.39, 0.29) is 17.6 Å². The molecule has 4 nitrogen and oxygen atoms in total. The summed E-state index contributed by atoms with van der Waals surface area (Å²) in [5.41, 5.74) is 5.88. The van der Waals surface area contributed by atoms with E-state index in [9.17, 15) is 14.0 Å². The van der Waals surface area contributed by atoms with Crippen molar-refractivity contribution in [3.05, 3.63) is 76.4 Å². The largest absolute Gasteiger partial charge is 0.335 e. The molecule has 3 aliphatic rings. The average Bonchev–Trinajstić information content (AvgIpc) is 3.51. The van der Waals surface area contributed by atoms with Crippen molar-refractivity contribution in [1.82, 2.24) is 9.88 Å². The number of carbonyl (C=O) groups is 2. The standard InChI is InChI=1S/C25H23FN2O2/c26-19-8-6-18(7-9-19)25(30)28-12-10-16(11-13-28)22-14-20(15-24(29)17-4-5-17)27-23-3-1-2-21(22)23/h1-2,6-10,14,17H,3-5,11-13,15H2. The zero-order valence-corrected chi connectivity index (χ0v) is 16.7. The molecule has 0 N–H and O–H groups in total. The molecule has 1 aliphatic heterocycles. The van der Waals surface area contributed by atoms with E-state index in [1.54, 1.807) is 4.90 Å². The van der Waals surface area contributed by atoms with Crippen LogP contribution in [0.4, 0.5) is 4.39 Å². The summed E-state index contributed by atoms with van der Waals surface area (Å²) >= 11 is 0. The third-order valence-electron chi connectivity index (χ3n) is 6.11. The van der Waals surface area contributed by atoms with Crippen molar-refractivity contribution >= 4 is 23.3 Å². The lowest BCUT2D eigenvalue weighted by Crippen LogP contribution is -2.34. The van der Waals surface area contributed by atoms with Crippen LogP contribution in [0.5, 0.6) is 0 Å². The van der Waals surface area contributed by atoms with Crippen LogP contribution in [0.15, 0.2) is 42.5 Å². The first-order valence-corrected chi connectivity index (χ1v) is 10.5. The molecular formula is C25H23FN2O2. The Hall–Kier alpha value is -3.08. The molecule has 2 heterocycles. The third kappa shape index (κ3) is 3.72. The van der Waals surface area contributed by atoms with Crippen LogP contribution in [0, 0.1) is 11.7 Å². The van der Waals surface area contributed by atoms with E-state index >= 15 is 0 Å². The summed E-state index contributed by atoms with van der Waals surface area (Å²) < 4.78 is 13.1. The second-order valence-corrected chi connectivity index (χ2v) is 8.28. The Kier molecular flexibility index (Phi) is 4.81. The zero-order valence-electron chi connectivity index (χ0n) is 16.7. The Labute approximate surface area is 175 Å². The number of benzene rings is 1. The first-order valence-electron chi connectivity index (χ1n) is 10.5. The molecule has 30 heavy (non-hydrogen) atoms. The normalized spacial score (nSPS) is 17.6. The number of carbonyl (C=O) groups excluding carboxylic acids is 2. The van der Waals surface area contributed by atoms with Gasteiger partial charge in [0.1, 0.15) is 11.6 Å². The average molecular weight is 402 g/mol. The van der Waals surface area contributed by atoms with E-state index in [4.69, 9.17) is 4.98 Å². The number of fused-ring (bicyclic) bond motifs is 1. The smallest absolute Gasteiger partial charge is 0.254 e. The van der Waals surface area contributed by atoms with Crippen molar-refractivity contribution in [2.24, 2.45) is 5.92 Å². The lowest BCUT2D eigenvalue weighted by atomic mass is 9.93. The molecule has 152 valence electrons. The molecule has 5 heteroatoms. The summed E-state index contributed by atoms with van der Waals surface area (Å²) in [6, 6.07) is 7.75. The first kappa shape index (κ1) is 18.9. The fourth-order valence-electron chi connectivity index (χ4n) is 4.25. The van der Waals surface area contributed by atoms with Crippen LogP contribution in [0.3, 0.4) is 0 Å². The van der Waals surface area contributed by atoms with Gasteiger partial charge in [-0.2, -0.15) is 0 Å². The molecule has 0 unspecified atom stereocenters. The maximum absolute atomic E-state index is 13.1. The predicted octanol–water partition coefficient (Wildman–Crippen LogP) is 4.24. The molecule has 1 fully saturated rings. The van der Waals surface area contributed by atoms with Crippen molar-refractivity contribution in [1.29, 1.82) is 0 Å². The SMILES string of the molecule is O=C(Cc1cc(C2=CCN(C(=O)c3ccc(F)cc3)CC2)c2c(n1)CC=C2)C1CC1. The van der Waals surface area contributed by atoms with Gasteiger partial charge in [0.2, 0.25) is 0 Å². The van der Waals surface area contributed by atoms with Crippen LogP contribution in [0.2, 0.25) is 0 Å². The number of amides is 1. The second-order valence-electron chi connectivity index (χ2n) is 8.28. The summed E-state index contributed by atoms with van der Waals surface area (Å²) in [6.07, 6.45) is 10.3. The molecule has 0 saturated heterocycles. The Morgan fingerprint density at radius 2 is 1.97 bits per heavy atom. The van der Waals surface area contributed by atoms with E-state index in [0.29, 0.717) is 30.9 Å². The van der Waals surface area contributed by atoms with Crippen LogP contribution in [0.1, 0.15) is 52.1 Å². The van der Waals surface area contributed by atoms with Crippen molar-refractivity contribution in [2.75, 3.05) is 13.1 Å². The van der Waals surface area contributed by atoms with Gasteiger partial charge in [-0.1, -0.05) is 18.2 Å². The van der Waals surface area contributed by atoms with Crippen LogP contribution in [0.25, 0.3) is 11.6 Å². The number of hydrogen-bond donors (Lipinski definition) is 0. The van der Waals surface area contributed by atoms with E-state index in [1.165, 1.54) is 29.8 Å². The number of halogens is 1. The van der Waals surface area contributed by atoms with Crippen molar-refractivity contribution in [3.63, 3.8) is 0 Å². The van der Waals surface area contributed by atoms with Gasteiger partial charge in [0.15, 0.2) is 0 Å². The number of nitrogens with zero attached hydrogens (tertiary/aromatic N) is 2. The molecule has 0 spiro atoms. The van der Waals surface area contributed by atoms with Crippen LogP contribution < -0.4 is 0 Å². The highest BCUT2D eigenvalue weighted by Gasteiger charge is 2.30. The Bertz CT molecular complexity index is 1080. The van der Waals surface area contributed by atoms with Gasteiger partial charge in [-0.25, -0.2) is 4.39 Å². The number of rotatable bonds is 5. The minimum atomic E-state index is -0.344. The molecule has 2 aromatic rings. The molecule has 1 aromatic heterocycles. The highest BCUT2D eigenvalue weighted by Crippen LogP contribution is 2.34. The van der Waals surface area contributed by atoms with Crippen molar-refractivity contribution in [2.45, 2.75) is 32.1 Å². The van der Waals surface area contributed by atoms with Gasteiger partial charge in [0.25, 0.3) is 5.91 Å². The Morgan fingerprint density at radius 3 is 2.67 bits per heavy atom. The maximum atomic E-state index is 13.1. The van der Waals surface area contributed by atoms with Crippen molar-refractivity contribution < 1.29 is 14.0 Å². The molecule has 0 atom stereocenters. The summed E-state index contributed by atoms with van der Waals surface area (Å²) in [7, 11) is 0. The quantitative estimate of drug-likeness (QED) is 0.752. The minimum absolute atomic E-state index is 0.0825. The number of ketones is 1. The molecule has 1 aromatic carbocycles. The van der Waals surface area contributed by atoms with Gasteiger partial charge >= 0.3 is 0 Å². The molecule has 0 radical (unpaired) electrons. The molecule has 0 bridgehead atoms. The fraction of sp³-hybridized carbons (Fsp3) is 0.320. The molecule has 5 rings (SSSR count). The first-order chi connectivity index (χ1) is 14.6. The van der Waals surface area contributed by atoms with Crippen LogP contribution in [-0.4, -0.2) is 34.7 Å². The summed E-state index contributed by atoms with van der Waals surface area (Å²) in [5.74, 6) is 0.110. The van der Waals surface area contributed by atoms with E-state index in [0.717, 1.165) is 48.2 Å². The Balaban J connectivity index is 1.37. The second kappa shape index (κ2) is 7.63. The number of aromatic nitrogens is 1. The number of Topliss-reactive ketones (excluding diaryl/α,β-unsaturated/α-hetero) is 1. The van der Waals surface area contributed by atoms with Gasteiger partial charge in [-0.3, -0.25) is 14.6 Å². The molecule has 1 saturated carbocycles. The van der Waals surface area contributed by atoms with Gasteiger partial charge in [0.05, 0.1) is 5.69 Å². The predicted molar refractivity (Wildman–Crippen MR) is 113 cm³/mol. The summed E-state index contributed by atoms with van der Waals surface area (Å²) in [5, 5.41) is 0. The lowest BCUT2D eigenvalue weighted by Gasteiger charge is -2.27. The highest BCUT2D eigenvalue weighted by molar-refractivity contribution is 5.95. The summed E-state index contributed by atoms with van der Waals surface area (Å²) in [6.45, 7) is 1.13. The number of hydrogen-bond acceptors (Lipinski definition) is 3. The van der Waals surface area contributed by atoms with Gasteiger partial charge < -0.3 is 4.90 Å². The fourth-order valence-corrected chi connectivity index (χ4v) is 4.25. The molecule has 1 amide bonds. The van der Waals surface area contributed by atoms with Crippen LogP contribution in [-0.2, 0) is 17.6 Å². The van der Waals surface area contributed by atoms with Gasteiger partial charge in [0, 0.05) is 48.7 Å². The Morgan fingerprint density at radius 1 is 1.17 bits per heavy atom. The number of allylic oxidation sites excluding steroid dienone is 1. The highest BCUT2D eigenvalue weighted by atomic mass is 19.1. The van der Waals surface area contributed by atoms with E-state index in [2.05, 4.69) is 24.3 Å². The summed E-state index contributed by atoms with van der Waals surface area (Å²) in [4.78, 5) is 31.5. The van der Waals surface area contributed by atoms with Gasteiger partial charge in [-0.05, 0) is 60.7 Å². The van der Waals surface area contributed by atoms with E-state index in [1.807, 2.05) is 0 Å². The monoisotopic (exact) mass is 402 g/mol. The molecular weight excluding hydrogens is 379 g/mol. The third-order valence-corrected chi connectivity index (χ3v) is 6.11. The topological polar surface area (TPSA) is 50.3 Å². The lowest BCUT2D eigenvalue weighted by molar-refractivity contribution is -0.119. The zero-order chi connectivity index (χ0) is 20.7. The molecule has 2 aliphatic carbocycles. The maximum Gasteiger partial charge on any atom is 0.254 e. The minimum Gasteiger partial charge on any atom is -0.335 e. The van der Waals surface area contributed by atoms with Gasteiger partial charge in [-0.15, -0.1) is 0 Å². The van der Waals surface area contributed by atoms with Crippen molar-refractivity contribution in [3.8, 4) is 0 Å².